The molecule has 0 saturated carbocycles. The first kappa shape index (κ1) is 8.97. The second-order valence-corrected chi connectivity index (χ2v) is 3.71. The monoisotopic (exact) mass is 210 g/mol. The summed E-state index contributed by atoms with van der Waals surface area (Å²) in [6, 6.07) is 16.0. The zero-order valence-corrected chi connectivity index (χ0v) is 8.53. The number of imidazole rings is 1. The van der Waals surface area contributed by atoms with Gasteiger partial charge in [0.05, 0.1) is 11.0 Å². The van der Waals surface area contributed by atoms with Gasteiger partial charge in [-0.3, -0.25) is 0 Å². The molecule has 2 aromatic carbocycles. The Hall–Kier alpha value is -2.29. The Kier molecular flexibility index (Phi) is 1.90. The molecule has 1 heterocycles. The van der Waals surface area contributed by atoms with E-state index in [2.05, 4.69) is 9.97 Å². The standard InChI is InChI=1S/C13H10N2O/c16-13-14-11-7-6-10(8-12(11)15-13)9-4-2-1-3-5-9/h1-8H,(H2,14,15,16). The molecule has 0 aliphatic heterocycles. The first-order valence-electron chi connectivity index (χ1n) is 5.10. The summed E-state index contributed by atoms with van der Waals surface area (Å²) in [7, 11) is 0. The van der Waals surface area contributed by atoms with Gasteiger partial charge in [-0.05, 0) is 23.3 Å². The molecule has 16 heavy (non-hydrogen) atoms. The summed E-state index contributed by atoms with van der Waals surface area (Å²) in [4.78, 5) is 16.6. The van der Waals surface area contributed by atoms with Crippen LogP contribution in [0.25, 0.3) is 22.2 Å². The zero-order valence-electron chi connectivity index (χ0n) is 8.53. The quantitative estimate of drug-likeness (QED) is 0.637. The zero-order chi connectivity index (χ0) is 11.0. The SMILES string of the molecule is O=c1[nH]c2ccc(-c3ccccc3)cc2[nH]1. The fourth-order valence-electron chi connectivity index (χ4n) is 1.84. The molecule has 3 heteroatoms. The third-order valence-electron chi connectivity index (χ3n) is 2.62. The van der Waals surface area contributed by atoms with E-state index < -0.39 is 0 Å². The van der Waals surface area contributed by atoms with Crippen LogP contribution in [0.15, 0.2) is 53.3 Å². The minimum Gasteiger partial charge on any atom is -0.306 e. The van der Waals surface area contributed by atoms with Crippen molar-refractivity contribution in [1.82, 2.24) is 9.97 Å². The molecule has 0 atom stereocenters. The molecule has 78 valence electrons. The van der Waals surface area contributed by atoms with Crippen molar-refractivity contribution in [2.75, 3.05) is 0 Å². The number of nitrogens with one attached hydrogen (secondary N) is 2. The van der Waals surface area contributed by atoms with Gasteiger partial charge in [0.25, 0.3) is 0 Å². The van der Waals surface area contributed by atoms with Crippen LogP contribution in [0.1, 0.15) is 0 Å². The molecule has 1 aromatic heterocycles. The van der Waals surface area contributed by atoms with Gasteiger partial charge in [-0.2, -0.15) is 0 Å². The number of fused-ring (bicyclic) bond motifs is 1. The van der Waals surface area contributed by atoms with Crippen LogP contribution in [0.2, 0.25) is 0 Å². The molecule has 0 amide bonds. The Morgan fingerprint density at radius 3 is 2.31 bits per heavy atom. The maximum Gasteiger partial charge on any atom is 0.323 e. The van der Waals surface area contributed by atoms with E-state index in [-0.39, 0.29) is 5.69 Å². The number of H-pyrrole nitrogens is 2. The molecule has 0 saturated heterocycles. The summed E-state index contributed by atoms with van der Waals surface area (Å²) in [5, 5.41) is 0. The molecule has 2 N–H and O–H groups in total. The Balaban J connectivity index is 2.22. The topological polar surface area (TPSA) is 48.6 Å². The molecule has 0 spiro atoms. The molecule has 0 radical (unpaired) electrons. The minimum atomic E-state index is -0.166. The highest BCUT2D eigenvalue weighted by atomic mass is 16.1. The normalized spacial score (nSPS) is 10.8. The van der Waals surface area contributed by atoms with Gasteiger partial charge in [-0.15, -0.1) is 0 Å². The Morgan fingerprint density at radius 2 is 1.50 bits per heavy atom. The van der Waals surface area contributed by atoms with Crippen LogP contribution in [-0.2, 0) is 0 Å². The van der Waals surface area contributed by atoms with Gasteiger partial charge in [-0.1, -0.05) is 36.4 Å². The molecule has 3 rings (SSSR count). The Morgan fingerprint density at radius 1 is 0.750 bits per heavy atom. The van der Waals surface area contributed by atoms with Gasteiger partial charge in [-0.25, -0.2) is 4.79 Å². The highest BCUT2D eigenvalue weighted by molar-refractivity contribution is 5.81. The van der Waals surface area contributed by atoms with Gasteiger partial charge >= 0.3 is 5.69 Å². The van der Waals surface area contributed by atoms with Crippen molar-refractivity contribution in [2.24, 2.45) is 0 Å². The number of aromatic amines is 2. The summed E-state index contributed by atoms with van der Waals surface area (Å²) in [6.45, 7) is 0. The molecule has 0 unspecified atom stereocenters. The van der Waals surface area contributed by atoms with Gasteiger partial charge < -0.3 is 9.97 Å². The lowest BCUT2D eigenvalue weighted by Crippen LogP contribution is -1.99. The van der Waals surface area contributed by atoms with Gasteiger partial charge in [0, 0.05) is 0 Å². The molecule has 0 aliphatic rings. The van der Waals surface area contributed by atoms with Crippen molar-refractivity contribution in [1.29, 1.82) is 0 Å². The molecular weight excluding hydrogens is 200 g/mol. The van der Waals surface area contributed by atoms with E-state index in [0.717, 1.165) is 22.2 Å². The van der Waals surface area contributed by atoms with Crippen molar-refractivity contribution in [3.63, 3.8) is 0 Å². The Bertz CT molecular complexity index is 680. The van der Waals surface area contributed by atoms with E-state index in [1.807, 2.05) is 48.5 Å². The molecule has 0 fully saturated rings. The second kappa shape index (κ2) is 3.38. The minimum absolute atomic E-state index is 0.166. The number of rotatable bonds is 1. The number of benzene rings is 2. The third kappa shape index (κ3) is 1.42. The van der Waals surface area contributed by atoms with Crippen molar-refractivity contribution < 1.29 is 0 Å². The molecule has 3 nitrogen and oxygen atoms in total. The predicted molar refractivity (Wildman–Crippen MR) is 64.4 cm³/mol. The number of hydrogen-bond acceptors (Lipinski definition) is 1. The van der Waals surface area contributed by atoms with Crippen LogP contribution in [0.4, 0.5) is 0 Å². The lowest BCUT2D eigenvalue weighted by atomic mass is 10.1. The van der Waals surface area contributed by atoms with Crippen LogP contribution >= 0.6 is 0 Å². The summed E-state index contributed by atoms with van der Waals surface area (Å²) in [5.41, 5.74) is 3.76. The van der Waals surface area contributed by atoms with E-state index in [1.54, 1.807) is 0 Å². The number of aromatic nitrogens is 2. The fraction of sp³-hybridized carbons (Fsp3) is 0. The fourth-order valence-corrected chi connectivity index (χ4v) is 1.84. The summed E-state index contributed by atoms with van der Waals surface area (Å²) < 4.78 is 0. The summed E-state index contributed by atoms with van der Waals surface area (Å²) in [6.07, 6.45) is 0. The van der Waals surface area contributed by atoms with Crippen molar-refractivity contribution in [2.45, 2.75) is 0 Å². The second-order valence-electron chi connectivity index (χ2n) is 3.71. The largest absolute Gasteiger partial charge is 0.323 e. The van der Waals surface area contributed by atoms with Crippen LogP contribution in [0, 0.1) is 0 Å². The van der Waals surface area contributed by atoms with Gasteiger partial charge in [0.2, 0.25) is 0 Å². The first-order valence-corrected chi connectivity index (χ1v) is 5.10. The maximum absolute atomic E-state index is 11.1. The van der Waals surface area contributed by atoms with Crippen molar-refractivity contribution >= 4 is 11.0 Å². The van der Waals surface area contributed by atoms with E-state index in [9.17, 15) is 4.79 Å². The van der Waals surface area contributed by atoms with E-state index in [1.165, 1.54) is 0 Å². The summed E-state index contributed by atoms with van der Waals surface area (Å²) in [5.74, 6) is 0. The van der Waals surface area contributed by atoms with E-state index >= 15 is 0 Å². The van der Waals surface area contributed by atoms with Crippen molar-refractivity contribution in [3.05, 3.63) is 59.0 Å². The molecular formula is C13H10N2O. The van der Waals surface area contributed by atoms with E-state index in [4.69, 9.17) is 0 Å². The van der Waals surface area contributed by atoms with Gasteiger partial charge in [0.15, 0.2) is 0 Å². The Labute approximate surface area is 91.8 Å². The molecule has 0 aliphatic carbocycles. The maximum atomic E-state index is 11.1. The molecule has 3 aromatic rings. The average molecular weight is 210 g/mol. The highest BCUT2D eigenvalue weighted by Crippen LogP contribution is 2.21. The third-order valence-corrected chi connectivity index (χ3v) is 2.62. The van der Waals surface area contributed by atoms with Crippen LogP contribution < -0.4 is 5.69 Å². The highest BCUT2D eigenvalue weighted by Gasteiger charge is 2.01. The number of hydrogen-bond donors (Lipinski definition) is 2. The van der Waals surface area contributed by atoms with Crippen LogP contribution in [0.3, 0.4) is 0 Å². The lowest BCUT2D eigenvalue weighted by molar-refractivity contribution is 1.22. The van der Waals surface area contributed by atoms with E-state index in [0.29, 0.717) is 0 Å². The van der Waals surface area contributed by atoms with Gasteiger partial charge in [0.1, 0.15) is 0 Å². The van der Waals surface area contributed by atoms with Crippen molar-refractivity contribution in [3.8, 4) is 11.1 Å². The lowest BCUT2D eigenvalue weighted by Gasteiger charge is -2.00. The first-order chi connectivity index (χ1) is 7.83. The average Bonchev–Trinajstić information content (AvgIpc) is 2.69. The van der Waals surface area contributed by atoms with Crippen LogP contribution in [-0.4, -0.2) is 9.97 Å². The van der Waals surface area contributed by atoms with Crippen LogP contribution in [0.5, 0.6) is 0 Å². The summed E-state index contributed by atoms with van der Waals surface area (Å²) >= 11 is 0. The smallest absolute Gasteiger partial charge is 0.306 e. The molecule has 0 bridgehead atoms. The predicted octanol–water partition coefficient (Wildman–Crippen LogP) is 2.52.